The molecule has 0 amide bonds. The molecule has 0 saturated heterocycles. The lowest BCUT2D eigenvalue weighted by molar-refractivity contribution is 0.263. The summed E-state index contributed by atoms with van der Waals surface area (Å²) in [4.78, 5) is 8.59. The number of aryl methyl sites for hydroxylation is 1. The average molecular weight is 264 g/mol. The summed E-state index contributed by atoms with van der Waals surface area (Å²) in [6, 6.07) is 8.70. The van der Waals surface area contributed by atoms with Crippen molar-refractivity contribution in [1.82, 2.24) is 9.97 Å². The van der Waals surface area contributed by atoms with Gasteiger partial charge in [-0.2, -0.15) is 0 Å². The van der Waals surface area contributed by atoms with Crippen molar-refractivity contribution < 1.29 is 5.11 Å². The van der Waals surface area contributed by atoms with Crippen molar-refractivity contribution in [3.8, 4) is 11.3 Å². The maximum Gasteiger partial charge on any atom is 0.148 e. The molecule has 0 fully saturated rings. The molecule has 94 valence electrons. The highest BCUT2D eigenvalue weighted by Gasteiger charge is 2.11. The van der Waals surface area contributed by atoms with Gasteiger partial charge in [-0.25, -0.2) is 9.97 Å². The molecule has 18 heavy (non-hydrogen) atoms. The first-order valence-electron chi connectivity index (χ1n) is 5.58. The number of aromatic nitrogens is 2. The van der Waals surface area contributed by atoms with E-state index in [0.29, 0.717) is 10.8 Å². The Morgan fingerprint density at radius 2 is 1.94 bits per heavy atom. The number of hydrogen-bond donors (Lipinski definition) is 2. The Labute approximate surface area is 110 Å². The molecule has 0 aliphatic rings. The number of aliphatic hydroxyl groups excluding tert-OH is 1. The summed E-state index contributed by atoms with van der Waals surface area (Å²) in [6.45, 7) is 1.69. The monoisotopic (exact) mass is 263 g/mol. The summed E-state index contributed by atoms with van der Waals surface area (Å²) in [6.07, 6.45) is 0. The molecule has 0 bridgehead atoms. The highest BCUT2D eigenvalue weighted by molar-refractivity contribution is 6.30. The van der Waals surface area contributed by atoms with Crippen molar-refractivity contribution in [2.45, 2.75) is 13.0 Å². The molecule has 0 radical (unpaired) electrons. The van der Waals surface area contributed by atoms with Gasteiger partial charge < -0.3 is 10.8 Å². The maximum atomic E-state index is 9.05. The number of hydrogen-bond acceptors (Lipinski definition) is 4. The number of nitrogens with zero attached hydrogens (tertiary/aromatic N) is 2. The fourth-order valence-electron chi connectivity index (χ4n) is 1.61. The molecule has 0 aliphatic carbocycles. The van der Waals surface area contributed by atoms with Crippen LogP contribution in [0.3, 0.4) is 0 Å². The Kier molecular flexibility index (Phi) is 3.91. The van der Waals surface area contributed by atoms with Crippen molar-refractivity contribution in [3.05, 3.63) is 46.9 Å². The van der Waals surface area contributed by atoms with E-state index in [-0.39, 0.29) is 6.61 Å². The molecule has 2 rings (SSSR count). The molecule has 1 aromatic carbocycles. The second-order valence-corrected chi connectivity index (χ2v) is 4.49. The first-order chi connectivity index (χ1) is 8.60. The molecule has 1 atom stereocenters. The summed E-state index contributed by atoms with van der Waals surface area (Å²) < 4.78 is 0. The van der Waals surface area contributed by atoms with Crippen molar-refractivity contribution in [2.75, 3.05) is 6.61 Å². The van der Waals surface area contributed by atoms with Crippen LogP contribution in [0, 0.1) is 6.92 Å². The summed E-state index contributed by atoms with van der Waals surface area (Å²) >= 11 is 5.85. The van der Waals surface area contributed by atoms with Gasteiger partial charge in [-0.1, -0.05) is 23.7 Å². The van der Waals surface area contributed by atoms with Crippen LogP contribution in [0.1, 0.15) is 17.6 Å². The third kappa shape index (κ3) is 2.85. The number of nitrogens with two attached hydrogens (primary N) is 1. The maximum absolute atomic E-state index is 9.05. The van der Waals surface area contributed by atoms with E-state index in [9.17, 15) is 0 Å². The van der Waals surface area contributed by atoms with E-state index in [1.165, 1.54) is 0 Å². The second-order valence-electron chi connectivity index (χ2n) is 4.05. The number of halogens is 1. The fourth-order valence-corrected chi connectivity index (χ4v) is 1.73. The number of aliphatic hydroxyl groups is 1. The average Bonchev–Trinajstić information content (AvgIpc) is 2.38. The zero-order chi connectivity index (χ0) is 13.1. The number of benzene rings is 1. The molecule has 1 unspecified atom stereocenters. The van der Waals surface area contributed by atoms with Gasteiger partial charge in [-0.3, -0.25) is 0 Å². The first kappa shape index (κ1) is 13.0. The van der Waals surface area contributed by atoms with Crippen LogP contribution >= 0.6 is 11.6 Å². The Morgan fingerprint density at radius 3 is 2.56 bits per heavy atom. The van der Waals surface area contributed by atoms with Crippen molar-refractivity contribution >= 4 is 11.6 Å². The molecule has 1 heterocycles. The topological polar surface area (TPSA) is 72.0 Å². The van der Waals surface area contributed by atoms with Gasteiger partial charge in [0.1, 0.15) is 5.82 Å². The summed E-state index contributed by atoms with van der Waals surface area (Å²) in [5, 5.41) is 9.73. The molecule has 2 aromatic rings. The SMILES string of the molecule is Cc1cc(-c2ccc(Cl)cc2)nc(C(N)CO)n1. The Hall–Kier alpha value is -1.49. The van der Waals surface area contributed by atoms with Crippen LogP contribution in [0.25, 0.3) is 11.3 Å². The van der Waals surface area contributed by atoms with E-state index in [4.69, 9.17) is 22.4 Å². The standard InChI is InChI=1S/C13H14ClN3O/c1-8-6-12(9-2-4-10(14)5-3-9)17-13(16-8)11(15)7-18/h2-6,11,18H,7,15H2,1H3. The quantitative estimate of drug-likeness (QED) is 0.890. The third-order valence-electron chi connectivity index (χ3n) is 2.54. The molecule has 0 aliphatic heterocycles. The zero-order valence-corrected chi connectivity index (χ0v) is 10.7. The van der Waals surface area contributed by atoms with E-state index in [0.717, 1.165) is 17.0 Å². The second kappa shape index (κ2) is 5.44. The molecule has 4 nitrogen and oxygen atoms in total. The van der Waals surface area contributed by atoms with Crippen LogP contribution in [-0.2, 0) is 0 Å². The van der Waals surface area contributed by atoms with Crippen molar-refractivity contribution in [3.63, 3.8) is 0 Å². The van der Waals surface area contributed by atoms with Crippen LogP contribution in [0.15, 0.2) is 30.3 Å². The zero-order valence-electron chi connectivity index (χ0n) is 9.97. The predicted molar refractivity (Wildman–Crippen MR) is 71.2 cm³/mol. The van der Waals surface area contributed by atoms with Crippen molar-refractivity contribution in [1.29, 1.82) is 0 Å². The normalized spacial score (nSPS) is 12.4. The van der Waals surface area contributed by atoms with Gasteiger partial charge in [-0.05, 0) is 25.1 Å². The van der Waals surface area contributed by atoms with Crippen LogP contribution in [-0.4, -0.2) is 21.7 Å². The molecule has 0 spiro atoms. The lowest BCUT2D eigenvalue weighted by Crippen LogP contribution is -2.18. The minimum atomic E-state index is -0.559. The van der Waals surface area contributed by atoms with Gasteiger partial charge >= 0.3 is 0 Å². The molecule has 1 aromatic heterocycles. The minimum absolute atomic E-state index is 0.177. The highest BCUT2D eigenvalue weighted by Crippen LogP contribution is 2.21. The lowest BCUT2D eigenvalue weighted by Gasteiger charge is -2.10. The first-order valence-corrected chi connectivity index (χ1v) is 5.96. The van der Waals surface area contributed by atoms with Crippen LogP contribution in [0.5, 0.6) is 0 Å². The molecule has 3 N–H and O–H groups in total. The Balaban J connectivity index is 2.44. The molecular formula is C13H14ClN3O. The van der Waals surface area contributed by atoms with Crippen LogP contribution in [0.2, 0.25) is 5.02 Å². The minimum Gasteiger partial charge on any atom is -0.394 e. The third-order valence-corrected chi connectivity index (χ3v) is 2.79. The summed E-state index contributed by atoms with van der Waals surface area (Å²) in [7, 11) is 0. The van der Waals surface area contributed by atoms with Gasteiger partial charge in [0, 0.05) is 16.3 Å². The Bertz CT molecular complexity index is 542. The van der Waals surface area contributed by atoms with Gasteiger partial charge in [0.25, 0.3) is 0 Å². The van der Waals surface area contributed by atoms with E-state index in [2.05, 4.69) is 9.97 Å². The molecular weight excluding hydrogens is 250 g/mol. The summed E-state index contributed by atoms with van der Waals surface area (Å²) in [5.74, 6) is 0.447. The van der Waals surface area contributed by atoms with E-state index in [1.807, 2.05) is 25.1 Å². The summed E-state index contributed by atoms with van der Waals surface area (Å²) in [5.41, 5.74) is 8.27. The Morgan fingerprint density at radius 1 is 1.28 bits per heavy atom. The van der Waals surface area contributed by atoms with Crippen molar-refractivity contribution in [2.24, 2.45) is 5.73 Å². The van der Waals surface area contributed by atoms with Gasteiger partial charge in [0.15, 0.2) is 0 Å². The van der Waals surface area contributed by atoms with Crippen LogP contribution in [0.4, 0.5) is 0 Å². The smallest absolute Gasteiger partial charge is 0.148 e. The van der Waals surface area contributed by atoms with Gasteiger partial charge in [0.05, 0.1) is 18.3 Å². The molecule has 0 saturated carbocycles. The van der Waals surface area contributed by atoms with E-state index in [1.54, 1.807) is 12.1 Å². The number of rotatable bonds is 3. The van der Waals surface area contributed by atoms with Gasteiger partial charge in [-0.15, -0.1) is 0 Å². The van der Waals surface area contributed by atoms with E-state index >= 15 is 0 Å². The van der Waals surface area contributed by atoms with E-state index < -0.39 is 6.04 Å². The van der Waals surface area contributed by atoms with Gasteiger partial charge in [0.2, 0.25) is 0 Å². The largest absolute Gasteiger partial charge is 0.394 e. The lowest BCUT2D eigenvalue weighted by atomic mass is 10.1. The molecule has 5 heteroatoms. The highest BCUT2D eigenvalue weighted by atomic mass is 35.5. The van der Waals surface area contributed by atoms with Crippen LogP contribution < -0.4 is 5.73 Å². The fraction of sp³-hybridized carbons (Fsp3) is 0.231. The predicted octanol–water partition coefficient (Wildman–Crippen LogP) is 2.10.